The molecule has 0 saturated heterocycles. The molecule has 0 rings (SSSR count). The van der Waals surface area contributed by atoms with Crippen molar-refractivity contribution < 1.29 is 9.90 Å². The Morgan fingerprint density at radius 2 is 1.14 bits per heavy atom. The third-order valence-electron chi connectivity index (χ3n) is 4.39. The monoisotopic (exact) mass is 313 g/mol. The van der Waals surface area contributed by atoms with Crippen molar-refractivity contribution in [3.05, 3.63) is 0 Å². The smallest absolute Gasteiger partial charge is 0.151 e. The van der Waals surface area contributed by atoms with E-state index in [4.69, 9.17) is 10.8 Å². The lowest BCUT2D eigenvalue weighted by molar-refractivity contribution is -0.121. The van der Waals surface area contributed by atoms with Gasteiger partial charge in [0.1, 0.15) is 0 Å². The first-order valence-electron chi connectivity index (χ1n) is 9.61. The van der Waals surface area contributed by atoms with Gasteiger partial charge in [0.25, 0.3) is 0 Å². The molecule has 0 fully saturated rings. The summed E-state index contributed by atoms with van der Waals surface area (Å²) in [6.07, 6.45) is 19.0. The second kappa shape index (κ2) is 17.0. The van der Waals surface area contributed by atoms with Gasteiger partial charge in [0.15, 0.2) is 5.78 Å². The summed E-state index contributed by atoms with van der Waals surface area (Å²) in [5, 5.41) is 8.77. The van der Waals surface area contributed by atoms with Crippen LogP contribution in [0.3, 0.4) is 0 Å². The minimum Gasteiger partial charge on any atom is -0.394 e. The van der Waals surface area contributed by atoms with Gasteiger partial charge in [-0.05, 0) is 6.42 Å². The molecule has 0 radical (unpaired) electrons. The number of rotatable bonds is 17. The van der Waals surface area contributed by atoms with Gasteiger partial charge in [-0.1, -0.05) is 90.4 Å². The summed E-state index contributed by atoms with van der Waals surface area (Å²) in [6, 6.07) is -0.665. The van der Waals surface area contributed by atoms with E-state index in [0.717, 1.165) is 12.8 Å². The summed E-state index contributed by atoms with van der Waals surface area (Å²) in [6.45, 7) is 2.04. The van der Waals surface area contributed by atoms with E-state index in [0.29, 0.717) is 6.42 Å². The number of nitrogens with two attached hydrogens (primary N) is 1. The largest absolute Gasteiger partial charge is 0.394 e. The molecule has 0 spiro atoms. The molecule has 0 aliphatic carbocycles. The fourth-order valence-corrected chi connectivity index (χ4v) is 2.78. The molecule has 0 aliphatic rings. The van der Waals surface area contributed by atoms with Gasteiger partial charge in [-0.3, -0.25) is 4.79 Å². The average molecular weight is 314 g/mol. The van der Waals surface area contributed by atoms with Crippen LogP contribution in [0.4, 0.5) is 0 Å². The normalized spacial score (nSPS) is 12.5. The first-order chi connectivity index (χ1) is 10.7. The van der Waals surface area contributed by atoms with E-state index in [1.165, 1.54) is 77.0 Å². The van der Waals surface area contributed by atoms with Crippen molar-refractivity contribution in [3.8, 4) is 0 Å². The van der Waals surface area contributed by atoms with E-state index in [2.05, 4.69) is 6.92 Å². The molecule has 0 amide bonds. The van der Waals surface area contributed by atoms with Crippen LogP contribution in [0.15, 0.2) is 0 Å². The molecule has 132 valence electrons. The predicted octanol–water partition coefficient (Wildman–Crippen LogP) is 4.75. The van der Waals surface area contributed by atoms with E-state index in [1.807, 2.05) is 0 Å². The second-order valence-electron chi connectivity index (χ2n) is 6.60. The van der Waals surface area contributed by atoms with Crippen LogP contribution < -0.4 is 5.73 Å². The van der Waals surface area contributed by atoms with Crippen LogP contribution >= 0.6 is 0 Å². The Bertz CT molecular complexity index is 244. The highest BCUT2D eigenvalue weighted by Gasteiger charge is 2.10. The molecule has 1 unspecified atom stereocenters. The summed E-state index contributed by atoms with van der Waals surface area (Å²) >= 11 is 0. The van der Waals surface area contributed by atoms with Crippen LogP contribution in [0.5, 0.6) is 0 Å². The summed E-state index contributed by atoms with van der Waals surface area (Å²) in [5.74, 6) is 0.00133. The average Bonchev–Trinajstić information content (AvgIpc) is 2.54. The number of unbranched alkanes of at least 4 members (excludes halogenated alkanes) is 13. The zero-order chi connectivity index (χ0) is 16.5. The lowest BCUT2D eigenvalue weighted by atomic mass is 10.0. The van der Waals surface area contributed by atoms with Gasteiger partial charge in [-0.2, -0.15) is 0 Å². The van der Waals surface area contributed by atoms with Crippen molar-refractivity contribution in [2.45, 2.75) is 109 Å². The quantitative estimate of drug-likeness (QED) is 0.381. The molecule has 0 bridgehead atoms. The molecule has 3 heteroatoms. The van der Waals surface area contributed by atoms with Gasteiger partial charge in [0, 0.05) is 6.42 Å². The minimum atomic E-state index is -0.665. The van der Waals surface area contributed by atoms with Crippen molar-refractivity contribution in [3.63, 3.8) is 0 Å². The fraction of sp³-hybridized carbons (Fsp3) is 0.947. The molecule has 0 heterocycles. The predicted molar refractivity (Wildman–Crippen MR) is 95.0 cm³/mol. The molecular weight excluding hydrogens is 274 g/mol. The van der Waals surface area contributed by atoms with Gasteiger partial charge in [-0.25, -0.2) is 0 Å². The Morgan fingerprint density at radius 3 is 1.50 bits per heavy atom. The number of hydrogen-bond donors (Lipinski definition) is 2. The fourth-order valence-electron chi connectivity index (χ4n) is 2.78. The Hall–Kier alpha value is -0.410. The van der Waals surface area contributed by atoms with Crippen LogP contribution in [0, 0.1) is 0 Å². The van der Waals surface area contributed by atoms with Gasteiger partial charge in [0.2, 0.25) is 0 Å². The third kappa shape index (κ3) is 14.5. The molecule has 0 aliphatic heterocycles. The molecule has 1 atom stereocenters. The number of aliphatic hydroxyl groups is 1. The van der Waals surface area contributed by atoms with Crippen LogP contribution in [0.25, 0.3) is 0 Å². The van der Waals surface area contributed by atoms with Gasteiger partial charge in [0.05, 0.1) is 12.6 Å². The lowest BCUT2D eigenvalue weighted by Crippen LogP contribution is -2.33. The van der Waals surface area contributed by atoms with E-state index >= 15 is 0 Å². The van der Waals surface area contributed by atoms with Crippen molar-refractivity contribution in [1.29, 1.82) is 0 Å². The van der Waals surface area contributed by atoms with Crippen LogP contribution in [0.2, 0.25) is 0 Å². The summed E-state index contributed by atoms with van der Waals surface area (Å²) in [5.41, 5.74) is 5.47. The maximum Gasteiger partial charge on any atom is 0.151 e. The van der Waals surface area contributed by atoms with Crippen molar-refractivity contribution >= 4 is 5.78 Å². The molecule has 3 N–H and O–H groups in total. The molecule has 0 aromatic carbocycles. The van der Waals surface area contributed by atoms with Crippen molar-refractivity contribution in [2.75, 3.05) is 6.61 Å². The zero-order valence-electron chi connectivity index (χ0n) is 14.8. The lowest BCUT2D eigenvalue weighted by Gasteiger charge is -2.06. The Morgan fingerprint density at radius 1 is 0.773 bits per heavy atom. The van der Waals surface area contributed by atoms with Crippen LogP contribution in [-0.4, -0.2) is 23.5 Å². The number of aliphatic hydroxyl groups excluding tert-OH is 1. The molecule has 0 saturated carbocycles. The van der Waals surface area contributed by atoms with Crippen molar-refractivity contribution in [2.24, 2.45) is 5.73 Å². The first kappa shape index (κ1) is 21.6. The molecule has 0 aromatic heterocycles. The number of ketones is 1. The van der Waals surface area contributed by atoms with Crippen LogP contribution in [0.1, 0.15) is 103 Å². The van der Waals surface area contributed by atoms with Crippen LogP contribution in [-0.2, 0) is 4.79 Å². The number of hydrogen-bond acceptors (Lipinski definition) is 3. The number of Topliss-reactive ketones (excluding diaryl/α,β-unsaturated/α-hetero) is 1. The summed E-state index contributed by atoms with van der Waals surface area (Å²) < 4.78 is 0. The minimum absolute atomic E-state index is 0.00133. The Labute approximate surface area is 138 Å². The number of carbonyl (C=O) groups is 1. The number of carbonyl (C=O) groups excluding carboxylic acids is 1. The van der Waals surface area contributed by atoms with E-state index in [1.54, 1.807) is 0 Å². The maximum atomic E-state index is 11.4. The Balaban J connectivity index is 3.10. The SMILES string of the molecule is CCCCCCCCCCCCCCCCC(=O)C(N)CO. The molecule has 0 aromatic rings. The zero-order valence-corrected chi connectivity index (χ0v) is 14.8. The topological polar surface area (TPSA) is 63.3 Å². The highest BCUT2D eigenvalue weighted by atomic mass is 16.3. The summed E-state index contributed by atoms with van der Waals surface area (Å²) in [7, 11) is 0. The van der Waals surface area contributed by atoms with E-state index in [-0.39, 0.29) is 12.4 Å². The van der Waals surface area contributed by atoms with Gasteiger partial charge in [-0.15, -0.1) is 0 Å². The maximum absolute atomic E-state index is 11.4. The summed E-state index contributed by atoms with van der Waals surface area (Å²) in [4.78, 5) is 11.4. The Kier molecular flexibility index (Phi) is 16.6. The first-order valence-corrected chi connectivity index (χ1v) is 9.61. The third-order valence-corrected chi connectivity index (χ3v) is 4.39. The standard InChI is InChI=1S/C19H39NO2/c1-2-3-4-5-6-7-8-9-10-11-12-13-14-15-16-19(22)18(20)17-21/h18,21H,2-17,20H2,1H3. The second-order valence-corrected chi connectivity index (χ2v) is 6.60. The highest BCUT2D eigenvalue weighted by molar-refractivity contribution is 5.83. The molecule has 22 heavy (non-hydrogen) atoms. The van der Waals surface area contributed by atoms with Gasteiger partial charge >= 0.3 is 0 Å². The van der Waals surface area contributed by atoms with Gasteiger partial charge < -0.3 is 10.8 Å². The van der Waals surface area contributed by atoms with Crippen molar-refractivity contribution in [1.82, 2.24) is 0 Å². The van der Waals surface area contributed by atoms with E-state index in [9.17, 15) is 4.79 Å². The van der Waals surface area contributed by atoms with E-state index < -0.39 is 6.04 Å². The highest BCUT2D eigenvalue weighted by Crippen LogP contribution is 2.13. The molecular formula is C19H39NO2. The molecule has 3 nitrogen and oxygen atoms in total.